The molecule has 1 fully saturated rings. The van der Waals surface area contributed by atoms with Gasteiger partial charge in [-0.2, -0.15) is 4.31 Å². The van der Waals surface area contributed by atoms with Crippen LogP contribution in [0.2, 0.25) is 0 Å². The summed E-state index contributed by atoms with van der Waals surface area (Å²) >= 11 is 0. The second-order valence-electron chi connectivity index (χ2n) is 6.56. The molecule has 1 saturated heterocycles. The van der Waals surface area contributed by atoms with Gasteiger partial charge >= 0.3 is 0 Å². The van der Waals surface area contributed by atoms with E-state index in [1.807, 2.05) is 0 Å². The van der Waals surface area contributed by atoms with E-state index in [2.05, 4.69) is 4.90 Å². The van der Waals surface area contributed by atoms with Crippen LogP contribution in [0.4, 0.5) is 4.39 Å². The van der Waals surface area contributed by atoms with Crippen molar-refractivity contribution < 1.29 is 22.3 Å². The summed E-state index contributed by atoms with van der Waals surface area (Å²) in [4.78, 5) is 13.5. The number of piperazine rings is 1. The predicted molar refractivity (Wildman–Crippen MR) is 101 cm³/mol. The zero-order valence-electron chi connectivity index (χ0n) is 15.5. The maximum atomic E-state index is 13.5. The van der Waals surface area contributed by atoms with Crippen LogP contribution in [0.3, 0.4) is 0 Å². The van der Waals surface area contributed by atoms with Crippen molar-refractivity contribution >= 4 is 15.9 Å². The molecule has 1 aliphatic heterocycles. The zero-order chi connectivity index (χ0) is 20.3. The number of carbonyl (C=O) groups is 1. The maximum absolute atomic E-state index is 13.5. The van der Waals surface area contributed by atoms with Crippen molar-refractivity contribution in [1.82, 2.24) is 13.8 Å². The number of nitrogens with two attached hydrogens (primary N) is 1. The van der Waals surface area contributed by atoms with Gasteiger partial charge in [-0.15, -0.1) is 0 Å². The van der Waals surface area contributed by atoms with Crippen LogP contribution in [0.15, 0.2) is 41.4 Å². The standard InChI is InChI=1S/C18H23FN4O4S/c1-21-13-14(12-16(21)18(20)24)28(25,26)23-8-6-22(7-9-23)10-11-27-17-5-3-2-4-15(17)19/h2-5,12-13H,6-11H2,1H3,(H2,20,24). The SMILES string of the molecule is Cn1cc(S(=O)(=O)N2CCN(CCOc3ccccc3F)CC2)cc1C(N)=O. The molecule has 2 N–H and O–H groups in total. The number of aryl methyl sites for hydroxylation is 1. The largest absolute Gasteiger partial charge is 0.489 e. The Hall–Kier alpha value is -2.43. The molecule has 152 valence electrons. The molecule has 0 unspecified atom stereocenters. The molecular weight excluding hydrogens is 387 g/mol. The number of sulfonamides is 1. The van der Waals surface area contributed by atoms with Gasteiger partial charge in [-0.25, -0.2) is 12.8 Å². The Morgan fingerprint density at radius 3 is 2.50 bits per heavy atom. The van der Waals surface area contributed by atoms with Gasteiger partial charge in [-0.05, 0) is 18.2 Å². The van der Waals surface area contributed by atoms with Crippen molar-refractivity contribution in [2.75, 3.05) is 39.3 Å². The lowest BCUT2D eigenvalue weighted by atomic mass is 10.3. The van der Waals surface area contributed by atoms with Crippen molar-refractivity contribution in [3.05, 3.63) is 48.0 Å². The highest BCUT2D eigenvalue weighted by Gasteiger charge is 2.30. The number of benzene rings is 1. The molecule has 28 heavy (non-hydrogen) atoms. The number of hydrogen-bond donors (Lipinski definition) is 1. The molecule has 0 atom stereocenters. The van der Waals surface area contributed by atoms with E-state index in [9.17, 15) is 17.6 Å². The smallest absolute Gasteiger partial charge is 0.265 e. The van der Waals surface area contributed by atoms with Gasteiger partial charge < -0.3 is 15.0 Å². The van der Waals surface area contributed by atoms with Gasteiger partial charge in [-0.3, -0.25) is 9.69 Å². The number of hydrogen-bond acceptors (Lipinski definition) is 5. The minimum atomic E-state index is -3.69. The molecule has 3 rings (SSSR count). The third kappa shape index (κ3) is 4.34. The first-order valence-corrected chi connectivity index (χ1v) is 10.3. The Morgan fingerprint density at radius 2 is 1.89 bits per heavy atom. The zero-order valence-corrected chi connectivity index (χ0v) is 16.4. The topological polar surface area (TPSA) is 97.9 Å². The summed E-state index contributed by atoms with van der Waals surface area (Å²) in [6, 6.07) is 7.51. The van der Waals surface area contributed by atoms with Crippen molar-refractivity contribution in [2.45, 2.75) is 4.90 Å². The van der Waals surface area contributed by atoms with E-state index in [0.717, 1.165) is 0 Å². The number of amides is 1. The van der Waals surface area contributed by atoms with Crippen LogP contribution in [0, 0.1) is 5.82 Å². The Morgan fingerprint density at radius 1 is 1.21 bits per heavy atom. The molecule has 10 heteroatoms. The minimum absolute atomic E-state index is 0.0557. The number of carbonyl (C=O) groups excluding carboxylic acids is 1. The summed E-state index contributed by atoms with van der Waals surface area (Å²) in [5.74, 6) is -0.877. The average Bonchev–Trinajstić information content (AvgIpc) is 3.07. The Kier molecular flexibility index (Phi) is 6.01. The lowest BCUT2D eigenvalue weighted by molar-refractivity contribution is 0.0992. The molecule has 0 radical (unpaired) electrons. The normalized spacial score (nSPS) is 16.2. The lowest BCUT2D eigenvalue weighted by Crippen LogP contribution is -2.49. The van der Waals surface area contributed by atoms with E-state index in [1.165, 1.54) is 27.2 Å². The minimum Gasteiger partial charge on any atom is -0.489 e. The van der Waals surface area contributed by atoms with Gasteiger partial charge in [0.05, 0.1) is 0 Å². The fourth-order valence-corrected chi connectivity index (χ4v) is 4.60. The predicted octanol–water partition coefficient (Wildman–Crippen LogP) is 0.648. The Labute approximate surface area is 163 Å². The van der Waals surface area contributed by atoms with E-state index < -0.39 is 21.7 Å². The molecule has 0 aliphatic carbocycles. The van der Waals surface area contributed by atoms with Gasteiger partial charge in [0, 0.05) is 46.0 Å². The molecule has 2 aromatic rings. The molecule has 0 spiro atoms. The van der Waals surface area contributed by atoms with Crippen LogP contribution in [0.1, 0.15) is 10.5 Å². The monoisotopic (exact) mass is 410 g/mol. The number of rotatable bonds is 7. The molecule has 1 aliphatic rings. The third-order valence-electron chi connectivity index (χ3n) is 4.70. The van der Waals surface area contributed by atoms with E-state index in [4.69, 9.17) is 10.5 Å². The van der Waals surface area contributed by atoms with E-state index in [-0.39, 0.29) is 16.3 Å². The first kappa shape index (κ1) is 20.3. The fourth-order valence-electron chi connectivity index (χ4n) is 3.11. The van der Waals surface area contributed by atoms with Gasteiger partial charge in [0.15, 0.2) is 11.6 Å². The second kappa shape index (κ2) is 8.29. The number of nitrogens with zero attached hydrogens (tertiary/aromatic N) is 3. The number of aromatic nitrogens is 1. The molecule has 0 saturated carbocycles. The van der Waals surface area contributed by atoms with Gasteiger partial charge in [0.1, 0.15) is 17.2 Å². The van der Waals surface area contributed by atoms with Crippen molar-refractivity contribution in [2.24, 2.45) is 12.8 Å². The number of halogens is 1. The molecule has 1 aromatic carbocycles. The molecule has 1 aromatic heterocycles. The quantitative estimate of drug-likeness (QED) is 0.723. The van der Waals surface area contributed by atoms with E-state index in [0.29, 0.717) is 39.3 Å². The molecule has 1 amide bonds. The first-order valence-electron chi connectivity index (χ1n) is 8.85. The van der Waals surface area contributed by atoms with Crippen molar-refractivity contribution in [3.8, 4) is 5.75 Å². The van der Waals surface area contributed by atoms with E-state index >= 15 is 0 Å². The number of primary amides is 1. The highest BCUT2D eigenvalue weighted by atomic mass is 32.2. The summed E-state index contributed by atoms with van der Waals surface area (Å²) in [7, 11) is -2.12. The maximum Gasteiger partial charge on any atom is 0.265 e. The summed E-state index contributed by atoms with van der Waals surface area (Å²) in [6.45, 7) is 2.60. The van der Waals surface area contributed by atoms with Crippen LogP contribution in [-0.4, -0.2) is 67.4 Å². The van der Waals surface area contributed by atoms with Crippen LogP contribution >= 0.6 is 0 Å². The average molecular weight is 410 g/mol. The lowest BCUT2D eigenvalue weighted by Gasteiger charge is -2.33. The Bertz CT molecular complexity index is 952. The van der Waals surface area contributed by atoms with Crippen LogP contribution in [-0.2, 0) is 17.1 Å². The van der Waals surface area contributed by atoms with Crippen molar-refractivity contribution in [1.29, 1.82) is 0 Å². The van der Waals surface area contributed by atoms with Crippen LogP contribution in [0.25, 0.3) is 0 Å². The van der Waals surface area contributed by atoms with Crippen LogP contribution in [0.5, 0.6) is 5.75 Å². The van der Waals surface area contributed by atoms with Crippen molar-refractivity contribution in [3.63, 3.8) is 0 Å². The molecule has 8 nitrogen and oxygen atoms in total. The highest BCUT2D eigenvalue weighted by molar-refractivity contribution is 7.89. The number of ether oxygens (including phenoxy) is 1. The summed E-state index contributed by atoms with van der Waals surface area (Å²) < 4.78 is 47.4. The molecule has 0 bridgehead atoms. The van der Waals surface area contributed by atoms with E-state index in [1.54, 1.807) is 25.2 Å². The summed E-state index contributed by atoms with van der Waals surface area (Å²) in [6.07, 6.45) is 1.39. The Balaban J connectivity index is 1.54. The van der Waals surface area contributed by atoms with Gasteiger partial charge in [0.25, 0.3) is 5.91 Å². The summed E-state index contributed by atoms with van der Waals surface area (Å²) in [5.41, 5.74) is 5.40. The molecule has 2 heterocycles. The third-order valence-corrected chi connectivity index (χ3v) is 6.57. The first-order chi connectivity index (χ1) is 13.3. The fraction of sp³-hybridized carbons (Fsp3) is 0.389. The van der Waals surface area contributed by atoms with Gasteiger partial charge in [0.2, 0.25) is 10.0 Å². The number of para-hydroxylation sites is 1. The highest BCUT2D eigenvalue weighted by Crippen LogP contribution is 2.20. The van der Waals surface area contributed by atoms with Crippen LogP contribution < -0.4 is 10.5 Å². The second-order valence-corrected chi connectivity index (χ2v) is 8.50. The van der Waals surface area contributed by atoms with Gasteiger partial charge in [-0.1, -0.05) is 12.1 Å². The summed E-state index contributed by atoms with van der Waals surface area (Å²) in [5, 5.41) is 0. The molecular formula is C18H23FN4O4S.